The highest BCUT2D eigenvalue weighted by Gasteiger charge is 2.38. The van der Waals surface area contributed by atoms with Gasteiger partial charge in [-0.3, -0.25) is 14.5 Å². The van der Waals surface area contributed by atoms with Crippen molar-refractivity contribution >= 4 is 38.8 Å². The third-order valence-corrected chi connectivity index (χ3v) is 6.51. The lowest BCUT2D eigenvalue weighted by Crippen LogP contribution is -2.41. The summed E-state index contributed by atoms with van der Waals surface area (Å²) in [5.41, 5.74) is 0.564. The first kappa shape index (κ1) is 30.6. The third kappa shape index (κ3) is 12.2. The molecule has 0 unspecified atom stereocenters. The SMILES string of the molecule is COc1ccc(C(=O)SCC(=O)O)cc1CS(=O)(=O)NCCN1CCOCC1.O=C(O)C(F)(F)F. The predicted molar refractivity (Wildman–Crippen MR) is 119 cm³/mol. The van der Waals surface area contributed by atoms with Gasteiger partial charge in [0.15, 0.2) is 0 Å². The van der Waals surface area contributed by atoms with Gasteiger partial charge < -0.3 is 19.7 Å². The number of hydrogen-bond donors (Lipinski definition) is 3. The molecule has 0 atom stereocenters. The minimum Gasteiger partial charge on any atom is -0.496 e. The van der Waals surface area contributed by atoms with Gasteiger partial charge in [-0.25, -0.2) is 17.9 Å². The van der Waals surface area contributed by atoms with Crippen LogP contribution in [0.25, 0.3) is 0 Å². The summed E-state index contributed by atoms with van der Waals surface area (Å²) in [5.74, 6) is -4.21. The summed E-state index contributed by atoms with van der Waals surface area (Å²) in [7, 11) is -2.22. The second-order valence-corrected chi connectivity index (χ2v) is 9.66. The van der Waals surface area contributed by atoms with Gasteiger partial charge in [0, 0.05) is 37.3 Å². The number of hydrogen-bond acceptors (Lipinski definition) is 9. The van der Waals surface area contributed by atoms with Crippen LogP contribution < -0.4 is 9.46 Å². The molecular formula is C19H25F3N2O9S2. The molecule has 0 amide bonds. The molecule has 1 aromatic carbocycles. The van der Waals surface area contributed by atoms with Gasteiger partial charge in [-0.15, -0.1) is 0 Å². The van der Waals surface area contributed by atoms with E-state index in [-0.39, 0.29) is 23.6 Å². The van der Waals surface area contributed by atoms with Gasteiger partial charge in [0.1, 0.15) is 5.75 Å². The number of nitrogens with one attached hydrogen (secondary N) is 1. The Labute approximate surface area is 203 Å². The standard InChI is InChI=1S/C17H24N2O7S2.C2HF3O2/c1-25-15-3-2-13(17(22)27-11-16(20)21)10-14(15)12-28(23,24)18-4-5-19-6-8-26-9-7-19;3-2(4,5)1(6)7/h2-3,10,18H,4-9,11-12H2,1H3,(H,20,21);(H,6,7). The maximum Gasteiger partial charge on any atom is 0.490 e. The fourth-order valence-electron chi connectivity index (χ4n) is 2.67. The van der Waals surface area contributed by atoms with Crippen molar-refractivity contribution in [2.24, 2.45) is 0 Å². The topological polar surface area (TPSA) is 160 Å². The van der Waals surface area contributed by atoms with E-state index in [2.05, 4.69) is 9.62 Å². The first-order chi connectivity index (χ1) is 16.2. The Morgan fingerprint density at radius 3 is 2.31 bits per heavy atom. The summed E-state index contributed by atoms with van der Waals surface area (Å²) in [6.45, 7) is 3.69. The number of nitrogens with zero attached hydrogens (tertiary/aromatic N) is 1. The maximum absolute atomic E-state index is 12.4. The lowest BCUT2D eigenvalue weighted by Gasteiger charge is -2.26. The lowest BCUT2D eigenvalue weighted by atomic mass is 10.1. The van der Waals surface area contributed by atoms with Crippen molar-refractivity contribution in [3.63, 3.8) is 0 Å². The van der Waals surface area contributed by atoms with E-state index in [1.807, 2.05) is 0 Å². The van der Waals surface area contributed by atoms with Gasteiger partial charge in [0.05, 0.1) is 31.8 Å². The highest BCUT2D eigenvalue weighted by Crippen LogP contribution is 2.24. The highest BCUT2D eigenvalue weighted by atomic mass is 32.2. The van der Waals surface area contributed by atoms with E-state index in [9.17, 15) is 31.2 Å². The van der Waals surface area contributed by atoms with E-state index in [1.165, 1.54) is 25.3 Å². The van der Waals surface area contributed by atoms with Crippen molar-refractivity contribution in [2.75, 3.05) is 52.3 Å². The summed E-state index contributed by atoms with van der Waals surface area (Å²) in [6, 6.07) is 4.42. The average Bonchev–Trinajstić information content (AvgIpc) is 2.77. The zero-order valence-corrected chi connectivity index (χ0v) is 20.2. The molecule has 0 bridgehead atoms. The van der Waals surface area contributed by atoms with Gasteiger partial charge in [-0.05, 0) is 18.2 Å². The number of methoxy groups -OCH3 is 1. The highest BCUT2D eigenvalue weighted by molar-refractivity contribution is 8.14. The quantitative estimate of drug-likeness (QED) is 0.385. The first-order valence-electron chi connectivity index (χ1n) is 9.88. The molecule has 3 N–H and O–H groups in total. The largest absolute Gasteiger partial charge is 0.496 e. The fraction of sp³-hybridized carbons (Fsp3) is 0.526. The predicted octanol–water partition coefficient (Wildman–Crippen LogP) is 1.04. The van der Waals surface area contributed by atoms with Crippen molar-refractivity contribution in [2.45, 2.75) is 11.9 Å². The Hall–Kier alpha value is -2.40. The number of carbonyl (C=O) groups excluding carboxylic acids is 1. The van der Waals surface area contributed by atoms with E-state index in [4.69, 9.17) is 24.5 Å². The van der Waals surface area contributed by atoms with Crippen molar-refractivity contribution in [1.82, 2.24) is 9.62 Å². The van der Waals surface area contributed by atoms with Crippen LogP contribution in [0, 0.1) is 0 Å². The fourth-order valence-corrected chi connectivity index (χ4v) is 4.36. The Balaban J connectivity index is 0.000000762. The number of alkyl halides is 3. The van der Waals surface area contributed by atoms with Gasteiger partial charge in [-0.2, -0.15) is 13.2 Å². The normalized spacial score (nSPS) is 14.5. The molecular weight excluding hydrogens is 521 g/mol. The molecule has 1 heterocycles. The number of morpholine rings is 1. The number of sulfonamides is 1. The molecule has 2 rings (SSSR count). The second-order valence-electron chi connectivity index (χ2n) is 6.91. The van der Waals surface area contributed by atoms with E-state index in [1.54, 1.807) is 0 Å². The number of halogens is 3. The summed E-state index contributed by atoms with van der Waals surface area (Å²) in [4.78, 5) is 33.7. The summed E-state index contributed by atoms with van der Waals surface area (Å²) < 4.78 is 69.6. The number of carboxylic acid groups (broad SMARTS) is 2. The molecule has 0 aliphatic carbocycles. The van der Waals surface area contributed by atoms with Crippen LogP contribution >= 0.6 is 11.8 Å². The number of carbonyl (C=O) groups is 3. The number of ether oxygens (including phenoxy) is 2. The van der Waals surface area contributed by atoms with E-state index in [0.717, 1.165) is 13.1 Å². The minimum atomic E-state index is -5.08. The van der Waals surface area contributed by atoms with Crippen LogP contribution in [-0.4, -0.2) is 99.0 Å². The van der Waals surface area contributed by atoms with Crippen molar-refractivity contribution in [1.29, 1.82) is 0 Å². The van der Waals surface area contributed by atoms with Crippen LogP contribution in [-0.2, 0) is 30.1 Å². The molecule has 11 nitrogen and oxygen atoms in total. The van der Waals surface area contributed by atoms with Gasteiger partial charge in [0.25, 0.3) is 0 Å². The van der Waals surface area contributed by atoms with Crippen LogP contribution in [0.3, 0.4) is 0 Å². The summed E-state index contributed by atoms with van der Waals surface area (Å²) >= 11 is 0.647. The number of aliphatic carboxylic acids is 2. The van der Waals surface area contributed by atoms with Crippen LogP contribution in [0.15, 0.2) is 18.2 Å². The van der Waals surface area contributed by atoms with Crippen LogP contribution in [0.5, 0.6) is 5.75 Å². The molecule has 1 saturated heterocycles. The second kappa shape index (κ2) is 14.2. The Morgan fingerprint density at radius 2 is 1.80 bits per heavy atom. The maximum atomic E-state index is 12.4. The van der Waals surface area contributed by atoms with Gasteiger partial charge in [0.2, 0.25) is 15.1 Å². The molecule has 16 heteroatoms. The molecule has 0 radical (unpaired) electrons. The number of carboxylic acids is 2. The molecule has 1 aromatic rings. The smallest absolute Gasteiger partial charge is 0.490 e. The van der Waals surface area contributed by atoms with E-state index >= 15 is 0 Å². The molecule has 1 aliphatic heterocycles. The van der Waals surface area contributed by atoms with Crippen molar-refractivity contribution < 1.29 is 55.7 Å². The molecule has 0 spiro atoms. The molecule has 35 heavy (non-hydrogen) atoms. The Morgan fingerprint density at radius 1 is 1.20 bits per heavy atom. The molecule has 1 fully saturated rings. The zero-order valence-electron chi connectivity index (χ0n) is 18.5. The number of benzene rings is 1. The van der Waals surface area contributed by atoms with E-state index in [0.29, 0.717) is 42.8 Å². The first-order valence-corrected chi connectivity index (χ1v) is 12.5. The lowest BCUT2D eigenvalue weighted by molar-refractivity contribution is -0.192. The summed E-state index contributed by atoms with van der Waals surface area (Å²) in [6.07, 6.45) is -5.08. The Bertz CT molecular complexity index is 982. The molecule has 198 valence electrons. The monoisotopic (exact) mass is 546 g/mol. The van der Waals surface area contributed by atoms with Crippen molar-refractivity contribution in [3.05, 3.63) is 29.3 Å². The van der Waals surface area contributed by atoms with Gasteiger partial charge >= 0.3 is 18.1 Å². The molecule has 0 aromatic heterocycles. The number of rotatable bonds is 10. The van der Waals surface area contributed by atoms with Crippen LogP contribution in [0.4, 0.5) is 13.2 Å². The third-order valence-electron chi connectivity index (χ3n) is 4.28. The zero-order chi connectivity index (χ0) is 26.6. The number of thioether (sulfide) groups is 1. The van der Waals surface area contributed by atoms with Crippen molar-refractivity contribution in [3.8, 4) is 5.75 Å². The van der Waals surface area contributed by atoms with Crippen LogP contribution in [0.2, 0.25) is 0 Å². The molecule has 0 saturated carbocycles. The Kier molecular flexibility index (Phi) is 12.5. The van der Waals surface area contributed by atoms with Crippen LogP contribution in [0.1, 0.15) is 15.9 Å². The van der Waals surface area contributed by atoms with E-state index < -0.39 is 33.3 Å². The summed E-state index contributed by atoms with van der Waals surface area (Å²) in [5, 5.41) is 15.4. The molecule has 1 aliphatic rings. The minimum absolute atomic E-state index is 0.227. The van der Waals surface area contributed by atoms with Gasteiger partial charge in [-0.1, -0.05) is 11.8 Å². The average molecular weight is 547 g/mol.